The molecule has 4 aromatic carbocycles. The molecule has 0 unspecified atom stereocenters. The first-order valence-corrected chi connectivity index (χ1v) is 17.4. The Balaban J connectivity index is 0.000000178. The van der Waals surface area contributed by atoms with Crippen molar-refractivity contribution in [1.29, 1.82) is 0 Å². The molecular weight excluding hydrogens is 564 g/mol. The van der Waals surface area contributed by atoms with E-state index in [0.717, 1.165) is 12.8 Å². The number of hydrogen-bond donors (Lipinski definition) is 0. The van der Waals surface area contributed by atoms with E-state index in [-0.39, 0.29) is 21.7 Å². The first-order chi connectivity index (χ1) is 20.7. The van der Waals surface area contributed by atoms with Gasteiger partial charge in [-0.05, 0) is 119 Å². The van der Waals surface area contributed by atoms with Crippen LogP contribution in [-0.4, -0.2) is 0 Å². The predicted octanol–water partition coefficient (Wildman–Crippen LogP) is 12.8. The van der Waals surface area contributed by atoms with Gasteiger partial charge in [-0.15, -0.1) is 11.6 Å². The lowest BCUT2D eigenvalue weighted by Crippen LogP contribution is -2.12. The fraction of sp³-hybridized carbons (Fsp3) is 0.455. The predicted molar refractivity (Wildman–Crippen MR) is 198 cm³/mol. The number of fused-ring (bicyclic) bond motifs is 6. The van der Waals surface area contributed by atoms with Gasteiger partial charge < -0.3 is 0 Å². The minimum atomic E-state index is 0.154. The Morgan fingerprint density at radius 2 is 0.844 bits per heavy atom. The van der Waals surface area contributed by atoms with Gasteiger partial charge in [0.2, 0.25) is 0 Å². The molecule has 0 amide bonds. The molecule has 0 nitrogen and oxygen atoms in total. The van der Waals surface area contributed by atoms with E-state index < -0.39 is 0 Å². The van der Waals surface area contributed by atoms with Crippen molar-refractivity contribution >= 4 is 11.6 Å². The third-order valence-electron chi connectivity index (χ3n) is 9.84. The van der Waals surface area contributed by atoms with Gasteiger partial charge in [0.15, 0.2) is 0 Å². The zero-order valence-electron chi connectivity index (χ0n) is 30.3. The summed E-state index contributed by atoms with van der Waals surface area (Å²) < 4.78 is 0. The Morgan fingerprint density at radius 3 is 1.27 bits per heavy atom. The standard InChI is InChI=1S/C22H27Cl.C22H28/c1-21(2,3)17-7-8-19-14(10-17)9-15-11-18(22(4,5)6)12-16(13-23)20(15)19;1-14-10-18(22(5,6)7)13-16-11-15-12-17(21(2,3)4)8-9-19(15)20(14)16/h7-8,10-12H,9,13H2,1-6H3;8-10,12-13H,11H2,1-7H3. The summed E-state index contributed by atoms with van der Waals surface area (Å²) in [5.74, 6) is 0.576. The zero-order valence-corrected chi connectivity index (χ0v) is 31.0. The Kier molecular flexibility index (Phi) is 8.53. The molecule has 45 heavy (non-hydrogen) atoms. The van der Waals surface area contributed by atoms with Crippen molar-refractivity contribution in [3.63, 3.8) is 0 Å². The Bertz CT molecular complexity index is 1750. The quantitative estimate of drug-likeness (QED) is 0.161. The summed E-state index contributed by atoms with van der Waals surface area (Å²) >= 11 is 6.30. The van der Waals surface area contributed by atoms with Crippen molar-refractivity contribution in [2.45, 2.75) is 130 Å². The molecule has 0 bridgehead atoms. The smallest absolute Gasteiger partial charge is 0.0480 e. The van der Waals surface area contributed by atoms with Gasteiger partial charge in [0, 0.05) is 5.88 Å². The molecule has 0 atom stereocenters. The van der Waals surface area contributed by atoms with E-state index in [0.29, 0.717) is 5.88 Å². The van der Waals surface area contributed by atoms with Crippen molar-refractivity contribution in [2.24, 2.45) is 0 Å². The zero-order chi connectivity index (χ0) is 33.3. The average molecular weight is 619 g/mol. The Morgan fingerprint density at radius 1 is 0.467 bits per heavy atom. The van der Waals surface area contributed by atoms with Crippen LogP contribution in [0.25, 0.3) is 22.3 Å². The maximum absolute atomic E-state index is 6.30. The molecule has 6 rings (SSSR count). The normalized spacial score (nSPS) is 13.9. The summed E-state index contributed by atoms with van der Waals surface area (Å²) in [5, 5.41) is 0. The topological polar surface area (TPSA) is 0 Å². The minimum absolute atomic E-state index is 0.154. The van der Waals surface area contributed by atoms with Crippen LogP contribution in [-0.2, 0) is 40.4 Å². The highest BCUT2D eigenvalue weighted by molar-refractivity contribution is 6.17. The molecule has 0 saturated heterocycles. The monoisotopic (exact) mass is 618 g/mol. The fourth-order valence-electron chi connectivity index (χ4n) is 6.92. The average Bonchev–Trinajstić information content (AvgIpc) is 3.48. The molecule has 1 heteroatoms. The second-order valence-corrected chi connectivity index (χ2v) is 18.0. The van der Waals surface area contributed by atoms with Crippen LogP contribution in [0.15, 0.2) is 60.7 Å². The number of rotatable bonds is 1. The summed E-state index contributed by atoms with van der Waals surface area (Å²) in [6.45, 7) is 29.7. The van der Waals surface area contributed by atoms with Crippen molar-refractivity contribution in [3.8, 4) is 22.3 Å². The van der Waals surface area contributed by atoms with Gasteiger partial charge in [0.25, 0.3) is 0 Å². The van der Waals surface area contributed by atoms with Crippen LogP contribution < -0.4 is 0 Å². The third-order valence-corrected chi connectivity index (χ3v) is 10.1. The van der Waals surface area contributed by atoms with Crippen LogP contribution in [0.1, 0.15) is 139 Å². The molecule has 0 radical (unpaired) electrons. The molecule has 0 aromatic heterocycles. The van der Waals surface area contributed by atoms with Gasteiger partial charge in [-0.3, -0.25) is 0 Å². The lowest BCUT2D eigenvalue weighted by molar-refractivity contribution is 0.588. The van der Waals surface area contributed by atoms with E-state index in [1.807, 2.05) is 0 Å². The number of benzene rings is 4. The summed E-state index contributed by atoms with van der Waals surface area (Å²) in [6.07, 6.45) is 2.11. The molecule has 0 spiro atoms. The van der Waals surface area contributed by atoms with Gasteiger partial charge in [-0.25, -0.2) is 0 Å². The van der Waals surface area contributed by atoms with Gasteiger partial charge in [0.1, 0.15) is 0 Å². The second-order valence-electron chi connectivity index (χ2n) is 17.7. The molecule has 0 N–H and O–H groups in total. The minimum Gasteiger partial charge on any atom is -0.122 e. The van der Waals surface area contributed by atoms with Crippen molar-refractivity contribution < 1.29 is 0 Å². The lowest BCUT2D eigenvalue weighted by atomic mass is 9.83. The highest BCUT2D eigenvalue weighted by Gasteiger charge is 2.28. The van der Waals surface area contributed by atoms with Crippen LogP contribution in [0, 0.1) is 6.92 Å². The van der Waals surface area contributed by atoms with Crippen LogP contribution in [0.4, 0.5) is 0 Å². The SMILES string of the molecule is CC(C)(C)c1ccc2c(c1)Cc1cc(C(C)(C)C)cc(CCl)c1-2.Cc1cc(C(C)(C)C)cc2c1-c1ccc(C(C)(C)C)cc1C2. The van der Waals surface area contributed by atoms with E-state index in [2.05, 4.69) is 151 Å². The lowest BCUT2D eigenvalue weighted by Gasteiger charge is -2.22. The Labute approximate surface area is 279 Å². The summed E-state index contributed by atoms with van der Waals surface area (Å²) in [6, 6.07) is 23.6. The van der Waals surface area contributed by atoms with Crippen LogP contribution in [0.3, 0.4) is 0 Å². The summed E-state index contributed by atoms with van der Waals surface area (Å²) in [4.78, 5) is 0. The van der Waals surface area contributed by atoms with Crippen molar-refractivity contribution in [3.05, 3.63) is 116 Å². The first kappa shape index (κ1) is 33.5. The van der Waals surface area contributed by atoms with Gasteiger partial charge in [0.05, 0.1) is 0 Å². The highest BCUT2D eigenvalue weighted by Crippen LogP contribution is 2.44. The van der Waals surface area contributed by atoms with Gasteiger partial charge in [-0.2, -0.15) is 0 Å². The van der Waals surface area contributed by atoms with Gasteiger partial charge >= 0.3 is 0 Å². The fourth-order valence-corrected chi connectivity index (χ4v) is 7.13. The van der Waals surface area contributed by atoms with E-state index in [9.17, 15) is 0 Å². The van der Waals surface area contributed by atoms with Crippen molar-refractivity contribution in [2.75, 3.05) is 0 Å². The molecule has 0 saturated carbocycles. The number of hydrogen-bond acceptors (Lipinski definition) is 0. The van der Waals surface area contributed by atoms with E-state index >= 15 is 0 Å². The second kappa shape index (κ2) is 11.5. The molecule has 238 valence electrons. The number of aryl methyl sites for hydroxylation is 1. The number of halogens is 1. The third kappa shape index (κ3) is 6.69. The molecule has 0 fully saturated rings. The van der Waals surface area contributed by atoms with Crippen LogP contribution in [0.5, 0.6) is 0 Å². The van der Waals surface area contributed by atoms with Crippen LogP contribution >= 0.6 is 11.6 Å². The van der Waals surface area contributed by atoms with E-state index in [1.165, 1.54) is 77.9 Å². The largest absolute Gasteiger partial charge is 0.122 e. The molecule has 4 aromatic rings. The first-order valence-electron chi connectivity index (χ1n) is 16.8. The van der Waals surface area contributed by atoms with Crippen molar-refractivity contribution in [1.82, 2.24) is 0 Å². The molecule has 0 aliphatic heterocycles. The Hall–Kier alpha value is -2.83. The molecule has 2 aliphatic carbocycles. The maximum Gasteiger partial charge on any atom is 0.0480 e. The maximum atomic E-state index is 6.30. The summed E-state index contributed by atoms with van der Waals surface area (Å²) in [7, 11) is 0. The van der Waals surface area contributed by atoms with E-state index in [4.69, 9.17) is 11.6 Å². The molecule has 2 aliphatic rings. The van der Waals surface area contributed by atoms with E-state index in [1.54, 1.807) is 0 Å². The van der Waals surface area contributed by atoms with Crippen LogP contribution in [0.2, 0.25) is 0 Å². The number of alkyl halides is 1. The molecule has 0 heterocycles. The summed E-state index contributed by atoms with van der Waals surface area (Å²) in [5.41, 5.74) is 20.7. The van der Waals surface area contributed by atoms with Gasteiger partial charge in [-0.1, -0.05) is 144 Å². The molecular formula is C44H55Cl. The highest BCUT2D eigenvalue weighted by atomic mass is 35.5.